The lowest BCUT2D eigenvalue weighted by Crippen LogP contribution is -2.41. The summed E-state index contributed by atoms with van der Waals surface area (Å²) in [6.45, 7) is 0. The fraction of sp³-hybridized carbons (Fsp3) is 0.364. The summed E-state index contributed by atoms with van der Waals surface area (Å²) in [6, 6.07) is 9.32. The van der Waals surface area contributed by atoms with E-state index in [1.807, 2.05) is 30.3 Å². The topological polar surface area (TPSA) is 49.3 Å². The Labute approximate surface area is 82.8 Å². The van der Waals surface area contributed by atoms with Crippen LogP contribution in [0.1, 0.15) is 24.4 Å². The van der Waals surface area contributed by atoms with Crippen molar-refractivity contribution in [1.82, 2.24) is 5.32 Å². The molecule has 1 aliphatic heterocycles. The third kappa shape index (κ3) is 1.77. The Morgan fingerprint density at radius 1 is 1.29 bits per heavy atom. The van der Waals surface area contributed by atoms with Crippen LogP contribution in [-0.4, -0.2) is 17.1 Å². The van der Waals surface area contributed by atoms with Crippen LogP contribution in [0.3, 0.4) is 0 Å². The predicted octanol–water partition coefficient (Wildman–Crippen LogP) is 0.999. The fourth-order valence-electron chi connectivity index (χ4n) is 1.75. The van der Waals surface area contributed by atoms with Crippen molar-refractivity contribution in [3.63, 3.8) is 0 Å². The molecule has 2 rings (SSSR count). The summed E-state index contributed by atoms with van der Waals surface area (Å²) in [5.74, 6) is 0.0177. The number of rotatable bonds is 1. The first-order valence-electron chi connectivity index (χ1n) is 4.80. The molecule has 2 atom stereocenters. The van der Waals surface area contributed by atoms with E-state index in [1.165, 1.54) is 0 Å². The first-order chi connectivity index (χ1) is 6.77. The molecule has 0 aromatic heterocycles. The van der Waals surface area contributed by atoms with Gasteiger partial charge in [0.05, 0.1) is 12.1 Å². The summed E-state index contributed by atoms with van der Waals surface area (Å²) in [5.41, 5.74) is 0.966. The molecule has 1 aromatic rings. The molecule has 0 bridgehead atoms. The molecule has 1 amide bonds. The van der Waals surface area contributed by atoms with E-state index < -0.39 is 6.10 Å². The molecule has 0 spiro atoms. The smallest absolute Gasteiger partial charge is 0.220 e. The average molecular weight is 191 g/mol. The maximum atomic E-state index is 11.2. The van der Waals surface area contributed by atoms with E-state index in [2.05, 4.69) is 5.32 Å². The van der Waals surface area contributed by atoms with Crippen LogP contribution in [0, 0.1) is 0 Å². The van der Waals surface area contributed by atoms with Crippen molar-refractivity contribution < 1.29 is 9.90 Å². The van der Waals surface area contributed by atoms with Gasteiger partial charge in [0.25, 0.3) is 0 Å². The summed E-state index contributed by atoms with van der Waals surface area (Å²) in [4.78, 5) is 11.2. The second kappa shape index (κ2) is 3.80. The second-order valence-corrected chi connectivity index (χ2v) is 3.56. The number of nitrogens with one attached hydrogen (secondary N) is 1. The highest BCUT2D eigenvalue weighted by Gasteiger charge is 2.27. The van der Waals surface area contributed by atoms with Crippen LogP contribution in [0.25, 0.3) is 0 Å². The lowest BCUT2D eigenvalue weighted by molar-refractivity contribution is -0.126. The Hall–Kier alpha value is -1.35. The summed E-state index contributed by atoms with van der Waals surface area (Å²) in [5, 5.41) is 12.5. The largest absolute Gasteiger partial charge is 0.391 e. The molecule has 0 radical (unpaired) electrons. The Bertz CT molecular complexity index is 323. The maximum absolute atomic E-state index is 11.2. The van der Waals surface area contributed by atoms with E-state index in [0.717, 1.165) is 5.56 Å². The number of aliphatic hydroxyl groups excluding tert-OH is 1. The van der Waals surface area contributed by atoms with E-state index in [9.17, 15) is 9.90 Å². The zero-order valence-electron chi connectivity index (χ0n) is 7.81. The molecule has 0 unspecified atom stereocenters. The second-order valence-electron chi connectivity index (χ2n) is 3.56. The van der Waals surface area contributed by atoms with E-state index >= 15 is 0 Å². The van der Waals surface area contributed by atoms with Crippen LogP contribution in [0.5, 0.6) is 0 Å². The Balaban J connectivity index is 2.20. The molecule has 1 heterocycles. The number of carbonyl (C=O) groups is 1. The van der Waals surface area contributed by atoms with Gasteiger partial charge in [-0.25, -0.2) is 0 Å². The molecule has 1 aliphatic rings. The molecule has 0 saturated carbocycles. The van der Waals surface area contributed by atoms with Gasteiger partial charge in [-0.05, 0) is 12.0 Å². The van der Waals surface area contributed by atoms with E-state index in [0.29, 0.717) is 12.8 Å². The Morgan fingerprint density at radius 2 is 2.00 bits per heavy atom. The van der Waals surface area contributed by atoms with Crippen molar-refractivity contribution in [1.29, 1.82) is 0 Å². The minimum absolute atomic E-state index is 0.0177. The van der Waals surface area contributed by atoms with Crippen molar-refractivity contribution in [2.45, 2.75) is 25.0 Å². The minimum atomic E-state index is -0.463. The lowest BCUT2D eigenvalue weighted by atomic mass is 9.94. The number of aliphatic hydroxyl groups is 1. The van der Waals surface area contributed by atoms with Gasteiger partial charge in [0, 0.05) is 6.42 Å². The SMILES string of the molecule is O=C1CC[C@@H](O)[C@@H](c2ccccc2)N1. The number of carbonyl (C=O) groups excluding carboxylic acids is 1. The lowest BCUT2D eigenvalue weighted by Gasteiger charge is -2.28. The summed E-state index contributed by atoms with van der Waals surface area (Å²) < 4.78 is 0. The van der Waals surface area contributed by atoms with Gasteiger partial charge >= 0.3 is 0 Å². The van der Waals surface area contributed by atoms with Gasteiger partial charge in [0.15, 0.2) is 0 Å². The normalized spacial score (nSPS) is 27.1. The molecule has 1 fully saturated rings. The summed E-state index contributed by atoms with van der Waals surface area (Å²) in [7, 11) is 0. The van der Waals surface area contributed by atoms with Crippen molar-refractivity contribution >= 4 is 5.91 Å². The van der Waals surface area contributed by atoms with Gasteiger partial charge in [-0.15, -0.1) is 0 Å². The van der Waals surface area contributed by atoms with E-state index in [1.54, 1.807) is 0 Å². The molecular formula is C11H13NO2. The number of hydrogen-bond acceptors (Lipinski definition) is 2. The Kier molecular flexibility index (Phi) is 2.50. The molecule has 0 aliphatic carbocycles. The van der Waals surface area contributed by atoms with Crippen LogP contribution in [-0.2, 0) is 4.79 Å². The first-order valence-corrected chi connectivity index (χ1v) is 4.80. The van der Waals surface area contributed by atoms with Gasteiger partial charge < -0.3 is 10.4 Å². The van der Waals surface area contributed by atoms with E-state index in [4.69, 9.17) is 0 Å². The fourth-order valence-corrected chi connectivity index (χ4v) is 1.75. The van der Waals surface area contributed by atoms with Gasteiger partial charge in [-0.1, -0.05) is 30.3 Å². The number of hydrogen-bond donors (Lipinski definition) is 2. The van der Waals surface area contributed by atoms with Crippen molar-refractivity contribution in [3.8, 4) is 0 Å². The van der Waals surface area contributed by atoms with Gasteiger partial charge in [-0.2, -0.15) is 0 Å². The zero-order valence-corrected chi connectivity index (χ0v) is 7.81. The highest BCUT2D eigenvalue weighted by atomic mass is 16.3. The van der Waals surface area contributed by atoms with Gasteiger partial charge in [0.2, 0.25) is 5.91 Å². The molecule has 3 heteroatoms. The molecule has 74 valence electrons. The van der Waals surface area contributed by atoms with Crippen molar-refractivity contribution in [2.24, 2.45) is 0 Å². The van der Waals surface area contributed by atoms with Crippen LogP contribution < -0.4 is 5.32 Å². The highest BCUT2D eigenvalue weighted by Crippen LogP contribution is 2.23. The van der Waals surface area contributed by atoms with Crippen molar-refractivity contribution in [2.75, 3.05) is 0 Å². The van der Waals surface area contributed by atoms with Gasteiger partial charge in [0.1, 0.15) is 0 Å². The van der Waals surface area contributed by atoms with Crippen LogP contribution in [0.4, 0.5) is 0 Å². The predicted molar refractivity (Wildman–Crippen MR) is 52.6 cm³/mol. The van der Waals surface area contributed by atoms with Crippen LogP contribution >= 0.6 is 0 Å². The maximum Gasteiger partial charge on any atom is 0.220 e. The molecule has 1 aromatic carbocycles. The van der Waals surface area contributed by atoms with Crippen LogP contribution in [0.2, 0.25) is 0 Å². The molecule has 1 saturated heterocycles. The number of benzene rings is 1. The minimum Gasteiger partial charge on any atom is -0.391 e. The summed E-state index contributed by atoms with van der Waals surface area (Å²) in [6.07, 6.45) is 0.505. The van der Waals surface area contributed by atoms with Crippen molar-refractivity contribution in [3.05, 3.63) is 35.9 Å². The number of piperidine rings is 1. The zero-order chi connectivity index (χ0) is 9.97. The molecular weight excluding hydrogens is 178 g/mol. The third-order valence-corrected chi connectivity index (χ3v) is 2.53. The van der Waals surface area contributed by atoms with Crippen LogP contribution in [0.15, 0.2) is 30.3 Å². The monoisotopic (exact) mass is 191 g/mol. The standard InChI is InChI=1S/C11H13NO2/c13-9-6-7-10(14)12-11(9)8-4-2-1-3-5-8/h1-5,9,11,13H,6-7H2,(H,12,14)/t9-,11-/m1/s1. The average Bonchev–Trinajstić information content (AvgIpc) is 2.23. The molecule has 14 heavy (non-hydrogen) atoms. The van der Waals surface area contributed by atoms with Gasteiger partial charge in [-0.3, -0.25) is 4.79 Å². The number of amides is 1. The van der Waals surface area contributed by atoms with E-state index in [-0.39, 0.29) is 11.9 Å². The summed E-state index contributed by atoms with van der Waals surface area (Å²) >= 11 is 0. The molecule has 2 N–H and O–H groups in total. The quantitative estimate of drug-likeness (QED) is 0.695. The first kappa shape index (κ1) is 9.21. The highest BCUT2D eigenvalue weighted by molar-refractivity contribution is 5.77. The molecule has 3 nitrogen and oxygen atoms in total. The third-order valence-electron chi connectivity index (χ3n) is 2.53. The Morgan fingerprint density at radius 3 is 2.71 bits per heavy atom.